The summed E-state index contributed by atoms with van der Waals surface area (Å²) in [5.74, 6) is -0.511. The standard InChI is InChI=1S/C15H26O6S3.C13H28O8.C9H15N3O6.C4H10NO2.13Y/c1-2-15(9-19-12(16)3-6-22,10-20-13(17)4-7-23)11-21-14(18)5-8-24;14-1-5-18-9-13(10-19-6-2-15,11-20-7-3-16)12-21-8-4-17;13-4-1-10-7(16)11(2-5-14)9(18)12(3-6-15)8(10)17;6-3-1-5-2-4-7;;;;;;;;;;;;;/h22-24H,2-11H2,1H3;14-17H,1-12H2;13-15H,1-6H2;6-7H,1-4H2;;;;;;;;;;;;;/q;;;-1;;;;;;;;;;;;;/p-3. The van der Waals surface area contributed by atoms with E-state index in [-0.39, 0.29) is 594 Å². The van der Waals surface area contributed by atoms with Gasteiger partial charge in [0.05, 0.1) is 130 Å². The van der Waals surface area contributed by atoms with Gasteiger partial charge in [0.15, 0.2) is 0 Å². The van der Waals surface area contributed by atoms with Gasteiger partial charge in [0.2, 0.25) is 0 Å². The molecule has 9 N–H and O–H groups in total. The first-order valence-corrected chi connectivity index (χ1v) is 24.0. The Morgan fingerprint density at radius 1 is 0.386 bits per heavy atom. The molecule has 1 heterocycles. The van der Waals surface area contributed by atoms with E-state index in [9.17, 15) is 28.8 Å². The first-order valence-electron chi connectivity index (χ1n) is 22.2. The van der Waals surface area contributed by atoms with E-state index in [0.717, 1.165) is 0 Å². The molecule has 0 aliphatic heterocycles. The molecule has 0 fully saturated rings. The van der Waals surface area contributed by atoms with Crippen LogP contribution in [0, 0.1) is 10.8 Å². The second-order valence-electron chi connectivity index (χ2n) is 14.4. The van der Waals surface area contributed by atoms with Crippen LogP contribution in [0.1, 0.15) is 32.6 Å². The van der Waals surface area contributed by atoms with Crippen molar-refractivity contribution in [2.24, 2.45) is 10.8 Å². The van der Waals surface area contributed by atoms with Crippen LogP contribution in [-0.2, 0) is 530 Å². The van der Waals surface area contributed by atoms with Crippen molar-refractivity contribution >= 4 is 55.8 Å². The fourth-order valence-electron chi connectivity index (χ4n) is 5.07. The molecule has 42 heteroatoms. The predicted octanol–water partition coefficient (Wildman–Crippen LogP) is -5.71. The zero-order valence-corrected chi connectivity index (χ0v) is 86.8. The number of hydrogen-bond donors (Lipinski definition) is 9. The third kappa shape index (κ3) is 74.7. The smallest absolute Gasteiger partial charge is 0.336 e. The van der Waals surface area contributed by atoms with Gasteiger partial charge in [-0.15, -0.1) is 13.1 Å². The van der Waals surface area contributed by atoms with Crippen LogP contribution in [0.15, 0.2) is 14.4 Å². The van der Waals surface area contributed by atoms with Gasteiger partial charge in [0.1, 0.15) is 19.8 Å². The van der Waals surface area contributed by atoms with Crippen LogP contribution < -0.4 is 17.1 Å². The molecule has 0 spiro atoms. The number of aliphatic hydroxyl groups is 9. The summed E-state index contributed by atoms with van der Waals surface area (Å²) in [6, 6.07) is 0. The van der Waals surface area contributed by atoms with Crippen LogP contribution in [0.4, 0.5) is 0 Å². The monoisotopic (exact) mass is 2230 g/mol. The summed E-state index contributed by atoms with van der Waals surface area (Å²) >= 11 is 14.2. The predicted molar refractivity (Wildman–Crippen MR) is 258 cm³/mol. The SMILES string of the molecule is CCC(COC(=O)CC[S-])(COC(=O)CC[S-])COC(=O)CC[S-].O=c1n(CCO)c(=O)n(CCO)c(=O)n1CCO.OCCOCC(COCCO)(COCCO)COCCO.OCC[N-]CCO.[Y].[Y].[Y].[Y].[Y].[Y].[Y].[Y].[Y].[Y].[Y].[Y].[Y]. The second-order valence-corrected chi connectivity index (χ2v) is 15.6. The topological polar surface area (TPSA) is 378 Å². The minimum absolute atomic E-state index is 0. The normalized spacial score (nSPS) is 9.36. The number of carbonyl (C=O) groups is 3. The number of aromatic nitrogens is 3. The Hall–Kier alpha value is 11.7. The van der Waals surface area contributed by atoms with Gasteiger partial charge in [0, 0.05) is 458 Å². The van der Waals surface area contributed by atoms with Gasteiger partial charge in [-0.2, -0.15) is 17.3 Å². The van der Waals surface area contributed by atoms with Gasteiger partial charge in [-0.1, -0.05) is 6.92 Å². The molecule has 26 nitrogen and oxygen atoms in total. The zero-order chi connectivity index (χ0) is 53.5. The molecule has 0 atom stereocenters. The molecule has 1 aromatic heterocycles. The van der Waals surface area contributed by atoms with Crippen LogP contribution in [-0.4, -0.2) is 240 Å². The maximum absolute atomic E-state index is 11.8. The Kier molecular flexibility index (Phi) is 158. The van der Waals surface area contributed by atoms with Gasteiger partial charge >= 0.3 is 35.0 Å². The van der Waals surface area contributed by atoms with Gasteiger partial charge in [0.25, 0.3) is 0 Å². The number of nitrogens with zero attached hydrogens (tertiary/aromatic N) is 4. The number of aliphatic hydroxyl groups excluding tert-OH is 9. The number of esters is 3. The molecule has 0 aliphatic rings. The fraction of sp³-hybridized carbons (Fsp3) is 0.854. The summed E-state index contributed by atoms with van der Waals surface area (Å²) < 4.78 is 39.1. The van der Waals surface area contributed by atoms with Crippen molar-refractivity contribution in [3.05, 3.63) is 36.8 Å². The van der Waals surface area contributed by atoms with Crippen molar-refractivity contribution in [2.75, 3.05) is 162 Å². The molecule has 1 aromatic rings. The maximum atomic E-state index is 11.8. The van der Waals surface area contributed by atoms with Crippen molar-refractivity contribution in [3.63, 3.8) is 0 Å². The van der Waals surface area contributed by atoms with E-state index in [1.807, 2.05) is 6.92 Å². The van der Waals surface area contributed by atoms with E-state index in [0.29, 0.717) is 33.2 Å². The summed E-state index contributed by atoms with van der Waals surface area (Å²) in [5, 5.41) is 81.4. The van der Waals surface area contributed by atoms with E-state index in [1.165, 1.54) is 0 Å². The molecule has 0 bridgehead atoms. The van der Waals surface area contributed by atoms with Gasteiger partial charge in [-0.05, 0) is 6.42 Å². The van der Waals surface area contributed by atoms with E-state index in [4.69, 9.17) is 117 Å². The minimum atomic E-state index is -0.887. The molecule has 0 amide bonds. The van der Waals surface area contributed by atoms with E-state index in [2.05, 4.69) is 5.32 Å². The minimum Gasteiger partial charge on any atom is -0.792 e. The van der Waals surface area contributed by atoms with Gasteiger partial charge in [-0.25, -0.2) is 28.1 Å². The largest absolute Gasteiger partial charge is 0.792 e. The number of rotatable bonds is 39. The molecule has 1 rings (SSSR count). The Bertz CT molecular complexity index is 1460. The van der Waals surface area contributed by atoms with Crippen LogP contribution in [0.2, 0.25) is 0 Å². The first-order chi connectivity index (χ1) is 33.7. The average Bonchev–Trinajstić information content (AvgIpc) is 3.34. The molecule has 0 saturated heterocycles. The Morgan fingerprint density at radius 2 is 0.614 bits per heavy atom. The van der Waals surface area contributed by atoms with Crippen molar-refractivity contribution in [1.29, 1.82) is 0 Å². The Labute approximate surface area is 832 Å². The van der Waals surface area contributed by atoms with E-state index < -0.39 is 65.6 Å². The maximum Gasteiger partial charge on any atom is 0.336 e. The number of carbonyl (C=O) groups excluding carboxylic acids is 3. The quantitative estimate of drug-likeness (QED) is 0.0128. The summed E-state index contributed by atoms with van der Waals surface area (Å²) in [5.41, 5.74) is -4.09. The molecular weight excluding hydrogens is 2150 g/mol. The molecule has 0 aliphatic carbocycles. The summed E-state index contributed by atoms with van der Waals surface area (Å²) in [6.07, 6.45) is 0.859. The van der Waals surface area contributed by atoms with Crippen molar-refractivity contribution in [3.8, 4) is 0 Å². The molecule has 13 radical (unpaired) electrons. The molecule has 0 saturated carbocycles. The van der Waals surface area contributed by atoms with Crippen molar-refractivity contribution in [2.45, 2.75) is 52.2 Å². The molecular formula is C41H76N4O22S3Y13-4. The van der Waals surface area contributed by atoms with Gasteiger partial charge < -0.3 is 122 Å². The average molecular weight is 2230 g/mol. The molecule has 453 valence electrons. The third-order valence-electron chi connectivity index (χ3n) is 8.73. The first kappa shape index (κ1) is 134. The Balaban J connectivity index is -0.0000000511. The van der Waals surface area contributed by atoms with E-state index in [1.54, 1.807) is 0 Å². The van der Waals surface area contributed by atoms with Crippen LogP contribution in [0.3, 0.4) is 0 Å². The van der Waals surface area contributed by atoms with Crippen LogP contribution in [0.5, 0.6) is 0 Å². The van der Waals surface area contributed by atoms with Crippen LogP contribution >= 0.6 is 0 Å². The summed E-state index contributed by atoms with van der Waals surface area (Å²) in [6.45, 7) is 2.01. The molecule has 0 aromatic carbocycles. The summed E-state index contributed by atoms with van der Waals surface area (Å²) in [7, 11) is 0. The van der Waals surface area contributed by atoms with Gasteiger partial charge in [-0.3, -0.25) is 14.4 Å². The van der Waals surface area contributed by atoms with Crippen molar-refractivity contribution < 1.29 is 519 Å². The van der Waals surface area contributed by atoms with E-state index >= 15 is 0 Å². The van der Waals surface area contributed by atoms with Crippen LogP contribution in [0.25, 0.3) is 5.32 Å². The summed E-state index contributed by atoms with van der Waals surface area (Å²) in [4.78, 5) is 70.0. The number of hydrogen-bond acceptors (Lipinski definition) is 25. The Morgan fingerprint density at radius 3 is 0.783 bits per heavy atom. The third-order valence-corrected chi connectivity index (χ3v) is 9.35. The van der Waals surface area contributed by atoms with Crippen molar-refractivity contribution in [1.82, 2.24) is 13.7 Å². The zero-order valence-electron chi connectivity index (χ0n) is 47.5. The molecule has 83 heavy (non-hydrogen) atoms. The molecule has 0 unspecified atom stereocenters. The second kappa shape index (κ2) is 97.8. The number of ether oxygens (including phenoxy) is 7. The fourth-order valence-corrected chi connectivity index (χ4v) is 5.57.